The van der Waals surface area contributed by atoms with Gasteiger partial charge in [-0.3, -0.25) is 4.98 Å². The van der Waals surface area contributed by atoms with E-state index in [1.165, 1.54) is 60.7 Å². The van der Waals surface area contributed by atoms with Crippen LogP contribution in [0.2, 0.25) is 10.0 Å². The van der Waals surface area contributed by atoms with Gasteiger partial charge in [0.25, 0.3) is 0 Å². The molecule has 0 atom stereocenters. The van der Waals surface area contributed by atoms with E-state index in [2.05, 4.69) is 144 Å². The third kappa shape index (κ3) is 21.7. The van der Waals surface area contributed by atoms with Crippen molar-refractivity contribution < 1.29 is 23.7 Å². The van der Waals surface area contributed by atoms with Gasteiger partial charge in [-0.25, -0.2) is 15.0 Å². The van der Waals surface area contributed by atoms with Crippen molar-refractivity contribution in [1.29, 1.82) is 0 Å². The topological polar surface area (TPSA) is 303 Å². The predicted octanol–water partition coefficient (Wildman–Crippen LogP) is 19.9. The van der Waals surface area contributed by atoms with Gasteiger partial charge in [-0.2, -0.15) is 34.9 Å². The van der Waals surface area contributed by atoms with Crippen molar-refractivity contribution in [3.63, 3.8) is 0 Å². The van der Waals surface area contributed by atoms with Crippen LogP contribution in [0.3, 0.4) is 0 Å². The Bertz CT molecular complexity index is 5840. The third-order valence-electron chi connectivity index (χ3n) is 21.7. The fourth-order valence-electron chi connectivity index (χ4n) is 15.3. The Labute approximate surface area is 714 Å². The van der Waals surface area contributed by atoms with E-state index in [-0.39, 0.29) is 0 Å². The van der Waals surface area contributed by atoms with E-state index in [4.69, 9.17) is 71.8 Å². The average molecular weight is 1670 g/mol. The van der Waals surface area contributed by atoms with Gasteiger partial charge in [0.15, 0.2) is 0 Å². The van der Waals surface area contributed by atoms with E-state index >= 15 is 0 Å². The molecular formula is C92H102Cl2N22O5. The number of rotatable bonds is 29. The fourth-order valence-corrected chi connectivity index (χ4v) is 15.7. The maximum absolute atomic E-state index is 6.31. The molecular weight excluding hydrogens is 1560 g/mol. The summed E-state index contributed by atoms with van der Waals surface area (Å²) in [6, 6.07) is 56.2. The smallest absolute Gasteiger partial charge is 0.233 e. The second-order valence-electron chi connectivity index (χ2n) is 30.0. The van der Waals surface area contributed by atoms with Crippen LogP contribution in [0.4, 0.5) is 81.6 Å². The van der Waals surface area contributed by atoms with Crippen LogP contribution in [0, 0.1) is 6.92 Å². The predicted molar refractivity (Wildman–Crippen MR) is 492 cm³/mol. The van der Waals surface area contributed by atoms with Gasteiger partial charge in [-0.1, -0.05) is 86.8 Å². The van der Waals surface area contributed by atoms with Crippen LogP contribution < -0.4 is 81.3 Å². The zero-order valence-corrected chi connectivity index (χ0v) is 70.7. The van der Waals surface area contributed by atoms with Gasteiger partial charge < -0.3 is 81.3 Å². The standard InChI is InChI=1S/C34H39ClN8O.C32H35ClN8O2.C26H28N6O2/c1-3-22-10-17-29-28(20-22)31(27-16-11-23(35)21-30(27)40-29)36-18-7-19-37-32-41-33(38-24-8-5-4-6-9-24)43-34(42-32)39-25-12-14-26(44-2)15-13-25;1-42-23-11-9-22(10-12-23)37-32-40-30(39-31(41-32)36-21-6-4-3-5-7-21)35-17-16-34-29-25-14-8-20(33)18-28(25)38-27-15-13-24(43-2)19-26(27)29;1-18-4-5-22-23(14-18)27-8-6-24(22)31-10-12-32(13-11-31)26-28-9-7-25(30-26)29-19-15-20(33-2)17-21(16-19)34-3/h10-17,20-21,24H,3-9,18-19H2,1-2H3,(H,36,40)(H3,37,38,39,41,42,43);8-15,18-19,21H,3-7,16-17H2,1-2H3,(H,34,38)(H3,35,36,37,39,40,41);4-9,14-17H,10-13H2,1-3H3,(H,28,29,30). The number of hydrogen-bond acceptors (Lipinski definition) is 27. The molecule has 624 valence electrons. The van der Waals surface area contributed by atoms with Crippen LogP contribution in [0.1, 0.15) is 88.7 Å². The molecule has 0 amide bonds. The molecule has 1 saturated heterocycles. The van der Waals surface area contributed by atoms with E-state index in [9.17, 15) is 0 Å². The fraction of sp³-hybridized carbons (Fsp3) is 0.315. The molecule has 0 bridgehead atoms. The molecule has 17 rings (SSSR count). The van der Waals surface area contributed by atoms with Crippen LogP contribution >= 0.6 is 23.2 Å². The lowest BCUT2D eigenvalue weighted by molar-refractivity contribution is 0.395. The van der Waals surface area contributed by atoms with Crippen LogP contribution in [0.25, 0.3) is 54.5 Å². The first-order chi connectivity index (χ1) is 59.3. The minimum Gasteiger partial charge on any atom is -0.497 e. The Kier molecular flexibility index (Phi) is 27.6. The van der Waals surface area contributed by atoms with Gasteiger partial charge in [-0.15, -0.1) is 0 Å². The number of piperazine rings is 1. The summed E-state index contributed by atoms with van der Waals surface area (Å²) >= 11 is 12.6. The Morgan fingerprint density at radius 1 is 0.364 bits per heavy atom. The highest BCUT2D eigenvalue weighted by Gasteiger charge is 2.24. The van der Waals surface area contributed by atoms with E-state index in [0.29, 0.717) is 89.0 Å². The highest BCUT2D eigenvalue weighted by molar-refractivity contribution is 6.32. The molecule has 1 aliphatic heterocycles. The van der Waals surface area contributed by atoms with E-state index in [1.807, 2.05) is 134 Å². The Morgan fingerprint density at radius 2 is 0.851 bits per heavy atom. The van der Waals surface area contributed by atoms with Crippen LogP contribution in [0.15, 0.2) is 182 Å². The number of aromatic nitrogens is 11. The summed E-state index contributed by atoms with van der Waals surface area (Å²) in [6.07, 6.45) is 17.5. The molecule has 9 N–H and O–H groups in total. The molecule has 6 aromatic heterocycles. The summed E-state index contributed by atoms with van der Waals surface area (Å²) in [4.78, 5) is 56.3. The van der Waals surface area contributed by atoms with Gasteiger partial charge in [0.05, 0.1) is 74.5 Å². The summed E-state index contributed by atoms with van der Waals surface area (Å²) in [6.45, 7) is 10.3. The first kappa shape index (κ1) is 83.1. The quantitative estimate of drug-likeness (QED) is 0.0155. The molecule has 3 aliphatic rings. The zero-order valence-electron chi connectivity index (χ0n) is 69.2. The molecule has 2 saturated carbocycles. The molecule has 14 aromatic rings. The number of aryl methyl sites for hydroxylation is 2. The molecule has 0 radical (unpaired) electrons. The molecule has 29 heteroatoms. The Hall–Kier alpha value is -13.0. The maximum Gasteiger partial charge on any atom is 0.233 e. The van der Waals surface area contributed by atoms with Crippen molar-refractivity contribution in [3.8, 4) is 28.7 Å². The molecule has 121 heavy (non-hydrogen) atoms. The highest BCUT2D eigenvalue weighted by atomic mass is 35.5. The number of halogens is 2. The van der Waals surface area contributed by atoms with Crippen molar-refractivity contribution in [3.05, 3.63) is 203 Å². The van der Waals surface area contributed by atoms with Crippen molar-refractivity contribution in [1.82, 2.24) is 54.8 Å². The number of nitrogens with one attached hydrogen (secondary N) is 9. The number of ether oxygens (including phenoxy) is 5. The molecule has 3 fully saturated rings. The average Bonchev–Trinajstić information content (AvgIpc) is 0.771. The lowest BCUT2D eigenvalue weighted by Crippen LogP contribution is -2.47. The van der Waals surface area contributed by atoms with Gasteiger partial charge in [-0.05, 0) is 190 Å². The number of pyridine rings is 3. The van der Waals surface area contributed by atoms with Crippen molar-refractivity contribution in [2.24, 2.45) is 0 Å². The molecule has 7 heterocycles. The number of fused-ring (bicyclic) bond motifs is 5. The maximum atomic E-state index is 6.31. The largest absolute Gasteiger partial charge is 0.497 e. The Balaban J connectivity index is 0.000000142. The van der Waals surface area contributed by atoms with E-state index < -0.39 is 0 Å². The first-order valence-corrected chi connectivity index (χ1v) is 42.1. The number of anilines is 14. The zero-order chi connectivity index (χ0) is 83.4. The van der Waals surface area contributed by atoms with E-state index in [0.717, 1.165) is 178 Å². The minimum absolute atomic E-state index is 0.359. The second kappa shape index (κ2) is 40.2. The molecule has 0 unspecified atom stereocenters. The minimum atomic E-state index is 0.359. The van der Waals surface area contributed by atoms with Gasteiger partial charge in [0.1, 0.15) is 34.6 Å². The van der Waals surface area contributed by atoms with Gasteiger partial charge in [0, 0.05) is 155 Å². The van der Waals surface area contributed by atoms with Crippen LogP contribution in [-0.4, -0.2) is 155 Å². The van der Waals surface area contributed by atoms with Crippen molar-refractivity contribution in [2.45, 2.75) is 103 Å². The van der Waals surface area contributed by atoms with E-state index in [1.54, 1.807) is 41.7 Å². The summed E-state index contributed by atoms with van der Waals surface area (Å²) in [5.41, 5.74) is 12.9. The van der Waals surface area contributed by atoms with Crippen molar-refractivity contribution >= 4 is 159 Å². The molecule has 2 aliphatic carbocycles. The molecule has 27 nitrogen and oxygen atoms in total. The highest BCUT2D eigenvalue weighted by Crippen LogP contribution is 2.38. The number of benzene rings is 8. The number of methoxy groups -OCH3 is 5. The normalized spacial score (nSPS) is 13.6. The number of nitrogens with zero attached hydrogens (tertiary/aromatic N) is 13. The van der Waals surface area contributed by atoms with Crippen LogP contribution in [-0.2, 0) is 6.42 Å². The molecule has 0 spiro atoms. The first-order valence-electron chi connectivity index (χ1n) is 41.4. The molecule has 8 aromatic carbocycles. The lowest BCUT2D eigenvalue weighted by Gasteiger charge is -2.36. The second-order valence-corrected chi connectivity index (χ2v) is 30.9. The summed E-state index contributed by atoms with van der Waals surface area (Å²) in [5, 5.41) is 37.8. The third-order valence-corrected chi connectivity index (χ3v) is 22.2. The summed E-state index contributed by atoms with van der Waals surface area (Å²) in [5.74, 6) is 8.34. The SMILES string of the molecule is CCc1ccc2nc3cc(Cl)ccc3c(NCCCNc3nc(Nc4ccc(OC)cc4)nc(NC4CCCCC4)n3)c2c1.COc1cc(Nc2ccnc(N3CCN(c4ccnc5cc(C)ccc45)CC3)n2)cc(OC)c1.COc1ccc(Nc2nc(NCCNc3c4ccc(Cl)cc4nc4ccc(OC)cc34)nc(NC3CCCCC3)n2)cc1. The Morgan fingerprint density at radius 3 is 1.42 bits per heavy atom. The van der Waals surface area contributed by atoms with Gasteiger partial charge >= 0.3 is 0 Å². The van der Waals surface area contributed by atoms with Crippen molar-refractivity contribution in [2.75, 3.05) is 146 Å². The summed E-state index contributed by atoms with van der Waals surface area (Å²) in [7, 11) is 8.24. The lowest BCUT2D eigenvalue weighted by atomic mass is 9.96. The summed E-state index contributed by atoms with van der Waals surface area (Å²) < 4.78 is 26.8. The van der Waals surface area contributed by atoms with Crippen LogP contribution in [0.5, 0.6) is 28.7 Å². The number of hydrogen-bond donors (Lipinski definition) is 9. The van der Waals surface area contributed by atoms with Gasteiger partial charge in [0.2, 0.25) is 41.6 Å². The monoisotopic (exact) mass is 1660 g/mol.